The number of hydrogen-bond acceptors (Lipinski definition) is 5. The number of benzene rings is 1. The van der Waals surface area contributed by atoms with Gasteiger partial charge in [-0.05, 0) is 24.3 Å². The molecule has 1 aliphatic heterocycles. The van der Waals surface area contributed by atoms with Crippen molar-refractivity contribution in [3.8, 4) is 11.5 Å². The van der Waals surface area contributed by atoms with Gasteiger partial charge in [0.25, 0.3) is 0 Å². The number of rotatable bonds is 5. The van der Waals surface area contributed by atoms with Gasteiger partial charge in [0.2, 0.25) is 0 Å². The van der Waals surface area contributed by atoms with Gasteiger partial charge in [-0.3, -0.25) is 4.79 Å². The fourth-order valence-electron chi connectivity index (χ4n) is 1.67. The summed E-state index contributed by atoms with van der Waals surface area (Å²) in [5.41, 5.74) is 0.539. The van der Waals surface area contributed by atoms with Crippen molar-refractivity contribution in [1.29, 1.82) is 0 Å². The van der Waals surface area contributed by atoms with E-state index < -0.39 is 0 Å². The molecule has 1 fully saturated rings. The van der Waals surface area contributed by atoms with Gasteiger partial charge in [0.05, 0.1) is 33.2 Å². The zero-order valence-corrected chi connectivity index (χ0v) is 10.7. The summed E-state index contributed by atoms with van der Waals surface area (Å²) in [7, 11) is 1.53. The SMILES string of the molecule is COc1cc(C=O)ccc1O/C=C/[C@H]1COCCO1. The Morgan fingerprint density at radius 2 is 2.21 bits per heavy atom. The third kappa shape index (κ3) is 3.81. The predicted octanol–water partition coefficient (Wildman–Crippen LogP) is 1.82. The van der Waals surface area contributed by atoms with E-state index in [4.69, 9.17) is 18.9 Å². The largest absolute Gasteiger partial charge is 0.493 e. The first-order valence-electron chi connectivity index (χ1n) is 5.99. The first kappa shape index (κ1) is 13.6. The first-order valence-corrected chi connectivity index (χ1v) is 5.99. The Morgan fingerprint density at radius 1 is 1.32 bits per heavy atom. The van der Waals surface area contributed by atoms with Crippen LogP contribution in [-0.4, -0.2) is 39.3 Å². The Bertz CT molecular complexity index is 449. The van der Waals surface area contributed by atoms with Gasteiger partial charge in [0.1, 0.15) is 12.4 Å². The van der Waals surface area contributed by atoms with Gasteiger partial charge in [0.15, 0.2) is 11.5 Å². The lowest BCUT2D eigenvalue weighted by Crippen LogP contribution is -2.26. The van der Waals surface area contributed by atoms with Gasteiger partial charge in [0, 0.05) is 5.56 Å². The minimum atomic E-state index is -0.0889. The van der Waals surface area contributed by atoms with Crippen LogP contribution in [0.1, 0.15) is 10.4 Å². The lowest BCUT2D eigenvalue weighted by Gasteiger charge is -2.19. The van der Waals surface area contributed by atoms with Crippen LogP contribution in [0.3, 0.4) is 0 Å². The van der Waals surface area contributed by atoms with Crippen LogP contribution in [-0.2, 0) is 9.47 Å². The Labute approximate surface area is 111 Å². The molecule has 0 unspecified atom stereocenters. The zero-order chi connectivity index (χ0) is 13.5. The third-order valence-electron chi connectivity index (χ3n) is 2.65. The van der Waals surface area contributed by atoms with Crippen LogP contribution in [0.15, 0.2) is 30.5 Å². The van der Waals surface area contributed by atoms with E-state index in [9.17, 15) is 4.79 Å². The molecule has 1 aromatic rings. The number of ether oxygens (including phenoxy) is 4. The van der Waals surface area contributed by atoms with E-state index in [0.29, 0.717) is 36.9 Å². The molecule has 0 spiro atoms. The van der Waals surface area contributed by atoms with Gasteiger partial charge < -0.3 is 18.9 Å². The van der Waals surface area contributed by atoms with Crippen molar-refractivity contribution >= 4 is 6.29 Å². The monoisotopic (exact) mass is 264 g/mol. The minimum Gasteiger partial charge on any atom is -0.493 e. The molecule has 0 N–H and O–H groups in total. The smallest absolute Gasteiger partial charge is 0.168 e. The van der Waals surface area contributed by atoms with Gasteiger partial charge in [-0.25, -0.2) is 0 Å². The number of hydrogen-bond donors (Lipinski definition) is 0. The second kappa shape index (κ2) is 6.92. The van der Waals surface area contributed by atoms with Crippen LogP contribution >= 0.6 is 0 Å². The van der Waals surface area contributed by atoms with E-state index in [0.717, 1.165) is 6.29 Å². The number of methoxy groups -OCH3 is 1. The van der Waals surface area contributed by atoms with Gasteiger partial charge >= 0.3 is 0 Å². The van der Waals surface area contributed by atoms with Crippen molar-refractivity contribution in [2.24, 2.45) is 0 Å². The molecule has 2 rings (SSSR count). The number of carbonyl (C=O) groups excluding carboxylic acids is 1. The fourth-order valence-corrected chi connectivity index (χ4v) is 1.67. The summed E-state index contributed by atoms with van der Waals surface area (Å²) >= 11 is 0. The summed E-state index contributed by atoms with van der Waals surface area (Å²) in [5, 5.41) is 0. The Kier molecular flexibility index (Phi) is 4.94. The molecular weight excluding hydrogens is 248 g/mol. The van der Waals surface area contributed by atoms with Crippen LogP contribution in [0.2, 0.25) is 0 Å². The van der Waals surface area contributed by atoms with Crippen molar-refractivity contribution in [2.45, 2.75) is 6.10 Å². The van der Waals surface area contributed by atoms with Crippen LogP contribution in [0, 0.1) is 0 Å². The predicted molar refractivity (Wildman–Crippen MR) is 68.7 cm³/mol. The Morgan fingerprint density at radius 3 is 2.89 bits per heavy atom. The molecule has 0 aliphatic carbocycles. The van der Waals surface area contributed by atoms with Crippen LogP contribution < -0.4 is 9.47 Å². The molecule has 0 radical (unpaired) electrons. The molecule has 5 heteroatoms. The second-order valence-electron chi connectivity index (χ2n) is 3.96. The molecule has 0 bridgehead atoms. The van der Waals surface area contributed by atoms with E-state index in [1.54, 1.807) is 24.3 Å². The van der Waals surface area contributed by atoms with E-state index in [-0.39, 0.29) is 6.10 Å². The summed E-state index contributed by atoms with van der Waals surface area (Å²) in [6.07, 6.45) is 3.99. The molecule has 19 heavy (non-hydrogen) atoms. The van der Waals surface area contributed by atoms with Crippen molar-refractivity contribution in [3.63, 3.8) is 0 Å². The maximum atomic E-state index is 10.7. The lowest BCUT2D eigenvalue weighted by molar-refractivity contribution is -0.0680. The van der Waals surface area contributed by atoms with E-state index >= 15 is 0 Å². The molecule has 1 atom stereocenters. The lowest BCUT2D eigenvalue weighted by atomic mass is 10.2. The Balaban J connectivity index is 1.98. The molecule has 5 nitrogen and oxygen atoms in total. The van der Waals surface area contributed by atoms with Crippen LogP contribution in [0.4, 0.5) is 0 Å². The number of carbonyl (C=O) groups is 1. The summed E-state index contributed by atoms with van der Waals surface area (Å²) in [4.78, 5) is 10.7. The summed E-state index contributed by atoms with van der Waals surface area (Å²) in [6.45, 7) is 1.75. The molecule has 102 valence electrons. The first-order chi connectivity index (χ1) is 9.33. The molecule has 1 aliphatic rings. The third-order valence-corrected chi connectivity index (χ3v) is 2.65. The zero-order valence-electron chi connectivity index (χ0n) is 10.7. The van der Waals surface area contributed by atoms with E-state index in [1.165, 1.54) is 13.4 Å². The highest BCUT2D eigenvalue weighted by molar-refractivity contribution is 5.76. The summed E-state index contributed by atoms with van der Waals surface area (Å²) < 4.78 is 21.3. The normalized spacial score (nSPS) is 19.3. The maximum Gasteiger partial charge on any atom is 0.168 e. The molecule has 0 amide bonds. The standard InChI is InChI=1S/C14H16O5/c1-16-14-8-11(9-15)2-3-13(14)19-5-4-12-10-17-6-7-18-12/h2-5,8-9,12H,6-7,10H2,1H3/b5-4+/t12-/m0/s1. The van der Waals surface area contributed by atoms with E-state index in [2.05, 4.69) is 0 Å². The number of aldehydes is 1. The van der Waals surface area contributed by atoms with Crippen molar-refractivity contribution < 1.29 is 23.7 Å². The fraction of sp³-hybridized carbons (Fsp3) is 0.357. The van der Waals surface area contributed by atoms with Gasteiger partial charge in [-0.15, -0.1) is 0 Å². The molecular formula is C14H16O5. The van der Waals surface area contributed by atoms with E-state index in [1.807, 2.05) is 0 Å². The van der Waals surface area contributed by atoms with Crippen LogP contribution in [0.5, 0.6) is 11.5 Å². The Hall–Kier alpha value is -1.85. The highest BCUT2D eigenvalue weighted by atomic mass is 16.6. The molecule has 1 heterocycles. The van der Waals surface area contributed by atoms with Gasteiger partial charge in [-0.1, -0.05) is 0 Å². The maximum absolute atomic E-state index is 10.7. The molecule has 1 saturated heterocycles. The average molecular weight is 264 g/mol. The highest BCUT2D eigenvalue weighted by Crippen LogP contribution is 2.27. The average Bonchev–Trinajstić information content (AvgIpc) is 2.48. The minimum absolute atomic E-state index is 0.0889. The molecule has 1 aromatic carbocycles. The van der Waals surface area contributed by atoms with Gasteiger partial charge in [-0.2, -0.15) is 0 Å². The summed E-state index contributed by atoms with van der Waals surface area (Å²) in [6, 6.07) is 4.97. The second-order valence-corrected chi connectivity index (χ2v) is 3.96. The van der Waals surface area contributed by atoms with Crippen molar-refractivity contribution in [3.05, 3.63) is 36.1 Å². The molecule has 0 aromatic heterocycles. The van der Waals surface area contributed by atoms with Crippen molar-refractivity contribution in [2.75, 3.05) is 26.9 Å². The summed E-state index contributed by atoms with van der Waals surface area (Å²) in [5.74, 6) is 1.05. The molecule has 0 saturated carbocycles. The van der Waals surface area contributed by atoms with Crippen LogP contribution in [0.25, 0.3) is 0 Å². The quantitative estimate of drug-likeness (QED) is 0.599. The topological polar surface area (TPSA) is 54.0 Å². The van der Waals surface area contributed by atoms with Crippen molar-refractivity contribution in [1.82, 2.24) is 0 Å². The highest BCUT2D eigenvalue weighted by Gasteiger charge is 2.11.